The highest BCUT2D eigenvalue weighted by molar-refractivity contribution is 7.98. The number of nitrogens with zero attached hydrogens (tertiary/aromatic N) is 2. The molecule has 24 heavy (non-hydrogen) atoms. The smallest absolute Gasteiger partial charge is 0.336 e. The summed E-state index contributed by atoms with van der Waals surface area (Å²) in [5.74, 6) is 0.634. The Kier molecular flexibility index (Phi) is 4.71. The maximum Gasteiger partial charge on any atom is 0.336 e. The molecule has 0 saturated carbocycles. The zero-order valence-electron chi connectivity index (χ0n) is 14.3. The molecule has 0 N–H and O–H groups in total. The second-order valence-corrected chi connectivity index (χ2v) is 6.81. The molecular weight excluding hydrogens is 320 g/mol. The maximum absolute atomic E-state index is 11.9. The van der Waals surface area contributed by atoms with Crippen LogP contribution in [-0.4, -0.2) is 9.97 Å². The van der Waals surface area contributed by atoms with Gasteiger partial charge in [0, 0.05) is 28.6 Å². The van der Waals surface area contributed by atoms with E-state index in [0.29, 0.717) is 11.3 Å². The van der Waals surface area contributed by atoms with E-state index >= 15 is 0 Å². The third kappa shape index (κ3) is 3.36. The molecule has 5 heteroatoms. The Labute approximate surface area is 145 Å². The number of hydrogen-bond donors (Lipinski definition) is 0. The van der Waals surface area contributed by atoms with Gasteiger partial charge in [-0.2, -0.15) is 0 Å². The van der Waals surface area contributed by atoms with Crippen molar-refractivity contribution in [3.63, 3.8) is 0 Å². The first-order valence-corrected chi connectivity index (χ1v) is 8.96. The number of thioether (sulfide) groups is 1. The lowest BCUT2D eigenvalue weighted by Crippen LogP contribution is -2.01. The average Bonchev–Trinajstić information content (AvgIpc) is 2.56. The van der Waals surface area contributed by atoms with E-state index < -0.39 is 0 Å². The van der Waals surface area contributed by atoms with Crippen molar-refractivity contribution in [3.8, 4) is 0 Å². The summed E-state index contributed by atoms with van der Waals surface area (Å²) in [5, 5.41) is 1.71. The molecule has 3 rings (SSSR count). The Morgan fingerprint density at radius 1 is 1.08 bits per heavy atom. The number of benzene rings is 1. The van der Waals surface area contributed by atoms with Gasteiger partial charge in [-0.3, -0.25) is 0 Å². The molecule has 0 aliphatic heterocycles. The summed E-state index contributed by atoms with van der Waals surface area (Å²) in [6.07, 6.45) is 0.911. The van der Waals surface area contributed by atoms with Crippen molar-refractivity contribution in [2.75, 3.05) is 0 Å². The zero-order chi connectivity index (χ0) is 17.3. The molecule has 0 radical (unpaired) electrons. The van der Waals surface area contributed by atoms with Gasteiger partial charge in [-0.1, -0.05) is 30.8 Å². The van der Waals surface area contributed by atoms with Crippen LogP contribution in [0.4, 0.5) is 0 Å². The van der Waals surface area contributed by atoms with Crippen LogP contribution >= 0.6 is 11.8 Å². The molecule has 0 aliphatic rings. The van der Waals surface area contributed by atoms with Crippen LogP contribution in [0, 0.1) is 20.8 Å². The van der Waals surface area contributed by atoms with Crippen molar-refractivity contribution >= 4 is 22.7 Å². The Bertz CT molecular complexity index is 940. The number of hydrogen-bond acceptors (Lipinski definition) is 5. The highest BCUT2D eigenvalue weighted by Crippen LogP contribution is 2.26. The zero-order valence-corrected chi connectivity index (χ0v) is 15.2. The molecule has 3 aromatic rings. The lowest BCUT2D eigenvalue weighted by Gasteiger charge is -2.08. The summed E-state index contributed by atoms with van der Waals surface area (Å²) >= 11 is 1.54. The van der Waals surface area contributed by atoms with Crippen LogP contribution in [0.2, 0.25) is 0 Å². The van der Waals surface area contributed by atoms with Crippen LogP contribution in [0.5, 0.6) is 0 Å². The number of rotatable bonds is 4. The van der Waals surface area contributed by atoms with E-state index in [-0.39, 0.29) is 5.63 Å². The van der Waals surface area contributed by atoms with Gasteiger partial charge in [0.2, 0.25) is 0 Å². The standard InChI is InChI=1S/C19H20N2O2S/c1-5-14-6-7-16-15(9-18(22)23-17(16)8-14)10-24-19-20-12(3)11(2)13(4)21-19/h6-9H,5,10H2,1-4H3. The predicted octanol–water partition coefficient (Wildman–Crippen LogP) is 4.36. The summed E-state index contributed by atoms with van der Waals surface area (Å²) in [5.41, 5.74) is 5.55. The fourth-order valence-corrected chi connectivity index (χ4v) is 3.49. The molecule has 0 fully saturated rings. The minimum atomic E-state index is -0.316. The van der Waals surface area contributed by atoms with Gasteiger partial charge in [0.05, 0.1) is 0 Å². The Hall–Kier alpha value is -2.14. The fraction of sp³-hybridized carbons (Fsp3) is 0.316. The summed E-state index contributed by atoms with van der Waals surface area (Å²) in [4.78, 5) is 20.9. The first-order valence-electron chi connectivity index (χ1n) is 7.98. The highest BCUT2D eigenvalue weighted by Gasteiger charge is 2.10. The molecule has 2 aromatic heterocycles. The first-order chi connectivity index (χ1) is 11.5. The van der Waals surface area contributed by atoms with Crippen LogP contribution in [0.1, 0.15) is 35.0 Å². The molecule has 2 heterocycles. The fourth-order valence-electron chi connectivity index (χ4n) is 2.56. The molecule has 0 aliphatic carbocycles. The van der Waals surface area contributed by atoms with Crippen molar-refractivity contribution in [1.29, 1.82) is 0 Å². The maximum atomic E-state index is 11.9. The molecule has 0 saturated heterocycles. The van der Waals surface area contributed by atoms with Crippen LogP contribution in [-0.2, 0) is 12.2 Å². The minimum absolute atomic E-state index is 0.316. The van der Waals surface area contributed by atoms with E-state index in [4.69, 9.17) is 4.42 Å². The van der Waals surface area contributed by atoms with Crippen LogP contribution < -0.4 is 5.63 Å². The minimum Gasteiger partial charge on any atom is -0.423 e. The molecule has 0 atom stereocenters. The van der Waals surface area contributed by atoms with Crippen LogP contribution in [0.3, 0.4) is 0 Å². The van der Waals surface area contributed by atoms with Crippen molar-refractivity contribution < 1.29 is 4.42 Å². The van der Waals surface area contributed by atoms with Gasteiger partial charge in [0.15, 0.2) is 5.16 Å². The van der Waals surface area contributed by atoms with Crippen LogP contribution in [0.25, 0.3) is 11.0 Å². The first kappa shape index (κ1) is 16.7. The van der Waals surface area contributed by atoms with Gasteiger partial charge in [-0.25, -0.2) is 14.8 Å². The largest absolute Gasteiger partial charge is 0.423 e. The van der Waals surface area contributed by atoms with Crippen molar-refractivity contribution in [2.45, 2.75) is 45.0 Å². The van der Waals surface area contributed by atoms with Crippen LogP contribution in [0.15, 0.2) is 38.6 Å². The Morgan fingerprint density at radius 2 is 1.79 bits per heavy atom. The third-order valence-corrected chi connectivity index (χ3v) is 5.17. The van der Waals surface area contributed by atoms with Crippen molar-refractivity contribution in [3.05, 3.63) is 62.8 Å². The van der Waals surface area contributed by atoms with Gasteiger partial charge in [-0.15, -0.1) is 0 Å². The monoisotopic (exact) mass is 340 g/mol. The second-order valence-electron chi connectivity index (χ2n) is 5.87. The third-order valence-electron chi connectivity index (χ3n) is 4.27. The van der Waals surface area contributed by atoms with E-state index in [2.05, 4.69) is 23.0 Å². The van der Waals surface area contributed by atoms with Gasteiger partial charge in [0.25, 0.3) is 0 Å². The number of aryl methyl sites for hydroxylation is 3. The summed E-state index contributed by atoms with van der Waals surface area (Å²) in [6.45, 7) is 8.10. The predicted molar refractivity (Wildman–Crippen MR) is 97.7 cm³/mol. The Morgan fingerprint density at radius 3 is 2.46 bits per heavy atom. The Balaban J connectivity index is 1.94. The molecule has 0 amide bonds. The molecule has 4 nitrogen and oxygen atoms in total. The SMILES string of the molecule is CCc1ccc2c(CSc3nc(C)c(C)c(C)n3)cc(=O)oc2c1. The van der Waals surface area contributed by atoms with E-state index in [9.17, 15) is 4.79 Å². The highest BCUT2D eigenvalue weighted by atomic mass is 32.2. The van der Waals surface area contributed by atoms with Gasteiger partial charge < -0.3 is 4.42 Å². The lowest BCUT2D eigenvalue weighted by molar-refractivity contribution is 0.559. The van der Waals surface area contributed by atoms with E-state index in [1.165, 1.54) is 0 Å². The lowest BCUT2D eigenvalue weighted by atomic mass is 10.1. The normalized spacial score (nSPS) is 11.2. The summed E-state index contributed by atoms with van der Waals surface area (Å²) in [6, 6.07) is 7.61. The van der Waals surface area contributed by atoms with Crippen molar-refractivity contribution in [2.24, 2.45) is 0 Å². The van der Waals surface area contributed by atoms with Crippen molar-refractivity contribution in [1.82, 2.24) is 9.97 Å². The molecule has 0 unspecified atom stereocenters. The second kappa shape index (κ2) is 6.77. The molecule has 0 bridgehead atoms. The average molecular weight is 340 g/mol. The number of aromatic nitrogens is 2. The summed E-state index contributed by atoms with van der Waals surface area (Å²) < 4.78 is 5.35. The van der Waals surface area contributed by atoms with Gasteiger partial charge >= 0.3 is 5.63 Å². The number of fused-ring (bicyclic) bond motifs is 1. The van der Waals surface area contributed by atoms with E-state index in [1.54, 1.807) is 17.8 Å². The van der Waals surface area contributed by atoms with Gasteiger partial charge in [-0.05, 0) is 49.9 Å². The van der Waals surface area contributed by atoms with Gasteiger partial charge in [0.1, 0.15) is 5.58 Å². The molecule has 0 spiro atoms. The van der Waals surface area contributed by atoms with E-state index in [0.717, 1.165) is 45.0 Å². The molecular formula is C19H20N2O2S. The molecule has 1 aromatic carbocycles. The van der Waals surface area contributed by atoms with E-state index in [1.807, 2.05) is 32.9 Å². The molecule has 124 valence electrons. The quantitative estimate of drug-likeness (QED) is 0.401. The summed E-state index contributed by atoms with van der Waals surface area (Å²) in [7, 11) is 0. The topological polar surface area (TPSA) is 56.0 Å².